The molecule has 2 aliphatic heterocycles. The van der Waals surface area contributed by atoms with Crippen molar-refractivity contribution in [1.82, 2.24) is 5.32 Å². The van der Waals surface area contributed by atoms with Crippen molar-refractivity contribution in [2.45, 2.75) is 30.0 Å². The van der Waals surface area contributed by atoms with Crippen LogP contribution in [0.3, 0.4) is 0 Å². The van der Waals surface area contributed by atoms with Gasteiger partial charge in [0, 0.05) is 25.1 Å². The van der Waals surface area contributed by atoms with E-state index in [2.05, 4.69) is 10.5 Å². The molecule has 0 unspecified atom stereocenters. The van der Waals surface area contributed by atoms with Crippen LogP contribution in [0.15, 0.2) is 41.6 Å². The molecule has 2 aromatic rings. The van der Waals surface area contributed by atoms with Crippen molar-refractivity contribution in [1.29, 1.82) is 0 Å². The van der Waals surface area contributed by atoms with Crippen LogP contribution in [-0.4, -0.2) is 30.1 Å². The Bertz CT molecular complexity index is 1080. The van der Waals surface area contributed by atoms with E-state index in [0.29, 0.717) is 24.7 Å². The number of rotatable bonds is 3. The van der Waals surface area contributed by atoms with E-state index in [4.69, 9.17) is 28.0 Å². The Labute approximate surface area is 187 Å². The molecule has 0 aliphatic carbocycles. The molecule has 1 fully saturated rings. The van der Waals surface area contributed by atoms with Crippen LogP contribution in [0, 0.1) is 0 Å². The zero-order valence-electron chi connectivity index (χ0n) is 15.9. The number of oxime groups is 1. The van der Waals surface area contributed by atoms with Crippen LogP contribution in [0.5, 0.6) is 0 Å². The zero-order valence-corrected chi connectivity index (χ0v) is 17.4. The molecule has 0 spiro atoms. The Morgan fingerprint density at radius 2 is 1.59 bits per heavy atom. The Morgan fingerprint density at radius 1 is 0.969 bits per heavy atom. The van der Waals surface area contributed by atoms with Gasteiger partial charge in [0.05, 0.1) is 21.3 Å². The van der Waals surface area contributed by atoms with Gasteiger partial charge in [-0.1, -0.05) is 52.6 Å². The number of hydrogen-bond donors (Lipinski definition) is 2. The molecule has 2 aromatic carbocycles. The number of alkyl halides is 6. The first kappa shape index (κ1) is 23.2. The van der Waals surface area contributed by atoms with Crippen molar-refractivity contribution in [3.63, 3.8) is 0 Å². The number of nitrogens with one attached hydrogen (secondary N) is 1. The molecule has 2 aliphatic rings. The van der Waals surface area contributed by atoms with Crippen molar-refractivity contribution in [3.8, 4) is 0 Å². The number of halogens is 8. The van der Waals surface area contributed by atoms with E-state index < -0.39 is 51.1 Å². The molecule has 0 radical (unpaired) electrons. The molecule has 1 saturated heterocycles. The predicted octanol–water partition coefficient (Wildman–Crippen LogP) is 5.39. The summed E-state index contributed by atoms with van der Waals surface area (Å²) in [6, 6.07) is 7.02. The minimum absolute atomic E-state index is 0.118. The van der Waals surface area contributed by atoms with Gasteiger partial charge in [0.2, 0.25) is 0 Å². The molecule has 2 N–H and O–H groups in total. The maximum Gasteiger partial charge on any atom is 0.435 e. The molecule has 172 valence electrons. The molecule has 0 aromatic heterocycles. The van der Waals surface area contributed by atoms with E-state index in [-0.39, 0.29) is 17.3 Å². The third kappa shape index (κ3) is 3.72. The average molecular weight is 499 g/mol. The van der Waals surface area contributed by atoms with Crippen LogP contribution in [0.1, 0.15) is 28.7 Å². The van der Waals surface area contributed by atoms with E-state index in [1.54, 1.807) is 12.1 Å². The van der Waals surface area contributed by atoms with Crippen LogP contribution < -0.4 is 5.32 Å². The third-order valence-corrected chi connectivity index (χ3v) is 6.38. The van der Waals surface area contributed by atoms with Crippen molar-refractivity contribution in [2.24, 2.45) is 5.16 Å². The van der Waals surface area contributed by atoms with Crippen LogP contribution >= 0.6 is 23.2 Å². The van der Waals surface area contributed by atoms with Crippen molar-refractivity contribution < 1.29 is 36.3 Å². The molecular weight excluding hydrogens is 485 g/mol. The van der Waals surface area contributed by atoms with Crippen molar-refractivity contribution in [2.75, 3.05) is 13.1 Å². The highest BCUT2D eigenvalue weighted by molar-refractivity contribution is 6.42. The molecule has 0 saturated carbocycles. The maximum absolute atomic E-state index is 14.1. The summed E-state index contributed by atoms with van der Waals surface area (Å²) in [5.41, 5.74) is -5.88. The SMILES string of the molecule is OC1(c2ccc(C3=NO[C@](c4cc(Cl)c(Cl)c(C(F)(F)F)c4)(C(F)(F)F)C3)cc2)CNC1. The van der Waals surface area contributed by atoms with E-state index >= 15 is 0 Å². The highest BCUT2D eigenvalue weighted by Gasteiger charge is 2.63. The van der Waals surface area contributed by atoms with E-state index in [1.165, 1.54) is 12.1 Å². The third-order valence-electron chi connectivity index (χ3n) is 5.58. The van der Waals surface area contributed by atoms with Gasteiger partial charge in [-0.3, -0.25) is 0 Å². The predicted molar refractivity (Wildman–Crippen MR) is 105 cm³/mol. The van der Waals surface area contributed by atoms with Gasteiger partial charge in [-0.05, 0) is 23.3 Å². The second-order valence-electron chi connectivity index (χ2n) is 7.66. The molecule has 0 bridgehead atoms. The van der Waals surface area contributed by atoms with Gasteiger partial charge < -0.3 is 15.3 Å². The fourth-order valence-electron chi connectivity index (χ4n) is 3.63. The van der Waals surface area contributed by atoms with Crippen LogP contribution in [0.25, 0.3) is 0 Å². The number of hydrogen-bond acceptors (Lipinski definition) is 4. The highest BCUT2D eigenvalue weighted by Crippen LogP contribution is 2.51. The largest absolute Gasteiger partial charge is 0.435 e. The lowest BCUT2D eigenvalue weighted by Gasteiger charge is -2.38. The molecule has 12 heteroatoms. The molecule has 32 heavy (non-hydrogen) atoms. The molecule has 0 amide bonds. The highest BCUT2D eigenvalue weighted by atomic mass is 35.5. The van der Waals surface area contributed by atoms with Gasteiger partial charge in [-0.25, -0.2) is 0 Å². The summed E-state index contributed by atoms with van der Waals surface area (Å²) < 4.78 is 82.3. The minimum Gasteiger partial charge on any atom is -0.382 e. The average Bonchev–Trinajstić information content (AvgIpc) is 3.14. The van der Waals surface area contributed by atoms with Crippen molar-refractivity contribution >= 4 is 28.9 Å². The molecule has 1 atom stereocenters. The fourth-order valence-corrected chi connectivity index (χ4v) is 4.06. The molecular formula is C20H14Cl2F6N2O2. The summed E-state index contributed by atoms with van der Waals surface area (Å²) in [6.07, 6.45) is -11.0. The number of aliphatic hydroxyl groups is 1. The first-order chi connectivity index (χ1) is 14.8. The first-order valence-corrected chi connectivity index (χ1v) is 9.95. The standard InChI is InChI=1S/C20H14Cl2F6N2O2/c21-14-6-12(5-13(16(14)22)19(23,24)25)18(20(26,27)28)7-15(30-32-18)10-1-3-11(4-2-10)17(31)8-29-9-17/h1-6,29,31H,7-9H2/t18-/m1/s1. The van der Waals surface area contributed by atoms with Gasteiger partial charge in [-0.15, -0.1) is 0 Å². The lowest BCUT2D eigenvalue weighted by atomic mass is 9.84. The summed E-state index contributed by atoms with van der Waals surface area (Å²) in [4.78, 5) is 4.79. The lowest BCUT2D eigenvalue weighted by molar-refractivity contribution is -0.276. The van der Waals surface area contributed by atoms with Crippen LogP contribution in [0.4, 0.5) is 26.3 Å². The summed E-state index contributed by atoms with van der Waals surface area (Å²) in [5.74, 6) is 0. The van der Waals surface area contributed by atoms with E-state index in [1.807, 2.05) is 0 Å². The lowest BCUT2D eigenvalue weighted by Crippen LogP contribution is -2.56. The fraction of sp³-hybridized carbons (Fsp3) is 0.350. The summed E-state index contributed by atoms with van der Waals surface area (Å²) in [5, 5.41) is 15.2. The minimum atomic E-state index is -5.12. The Hall–Kier alpha value is -2.01. The molecule has 4 nitrogen and oxygen atoms in total. The Balaban J connectivity index is 1.71. The number of nitrogens with zero attached hydrogens (tertiary/aromatic N) is 1. The topological polar surface area (TPSA) is 53.9 Å². The molecule has 4 rings (SSSR count). The second-order valence-corrected chi connectivity index (χ2v) is 8.45. The number of β-amino-alcohol motifs (C(OH)–C–C–N with tert-alkyl or cyclic N) is 1. The van der Waals surface area contributed by atoms with Gasteiger partial charge in [0.1, 0.15) is 5.60 Å². The number of benzene rings is 2. The summed E-state index contributed by atoms with van der Waals surface area (Å²) in [6.45, 7) is 0.679. The van der Waals surface area contributed by atoms with Crippen LogP contribution in [-0.2, 0) is 22.2 Å². The van der Waals surface area contributed by atoms with Crippen LogP contribution in [0.2, 0.25) is 10.0 Å². The Kier molecular flexibility index (Phi) is 5.44. The smallest absolute Gasteiger partial charge is 0.382 e. The monoisotopic (exact) mass is 498 g/mol. The summed E-state index contributed by atoms with van der Waals surface area (Å²) >= 11 is 11.3. The van der Waals surface area contributed by atoms with Gasteiger partial charge in [-0.2, -0.15) is 26.3 Å². The van der Waals surface area contributed by atoms with Gasteiger partial charge in [0.15, 0.2) is 0 Å². The first-order valence-electron chi connectivity index (χ1n) is 9.19. The van der Waals surface area contributed by atoms with Crippen molar-refractivity contribution in [3.05, 3.63) is 68.7 Å². The normalized spacial score (nSPS) is 22.8. The second kappa shape index (κ2) is 7.51. The quantitative estimate of drug-likeness (QED) is 0.558. The van der Waals surface area contributed by atoms with Gasteiger partial charge in [0.25, 0.3) is 5.60 Å². The van der Waals surface area contributed by atoms with E-state index in [9.17, 15) is 31.4 Å². The zero-order chi connectivity index (χ0) is 23.5. The van der Waals surface area contributed by atoms with Gasteiger partial charge >= 0.3 is 12.4 Å². The summed E-state index contributed by atoms with van der Waals surface area (Å²) in [7, 11) is 0. The van der Waals surface area contributed by atoms with E-state index in [0.717, 1.165) is 0 Å². The molecule has 2 heterocycles. The maximum atomic E-state index is 14.1. The Morgan fingerprint density at radius 3 is 2.09 bits per heavy atom.